The number of carbonyl (C=O) groups excluding carboxylic acids is 1. The molecular weight excluding hydrogens is 340 g/mol. The van der Waals surface area contributed by atoms with Gasteiger partial charge < -0.3 is 10.1 Å². The van der Waals surface area contributed by atoms with E-state index >= 15 is 0 Å². The highest BCUT2D eigenvalue weighted by Crippen LogP contribution is 2.43. The summed E-state index contributed by atoms with van der Waals surface area (Å²) in [4.78, 5) is 17.1. The van der Waals surface area contributed by atoms with E-state index in [2.05, 4.69) is 21.5 Å². The Morgan fingerprint density at radius 2 is 2.04 bits per heavy atom. The maximum Gasteiger partial charge on any atom is 0.242 e. The molecule has 1 aliphatic rings. The maximum absolute atomic E-state index is 12.6. The molecule has 1 aliphatic carbocycles. The topological polar surface area (TPSA) is 69.0 Å². The number of ether oxygens (including phenoxy) is 1. The fourth-order valence-electron chi connectivity index (χ4n) is 3.55. The molecule has 1 N–H and O–H groups in total. The molecule has 0 radical (unpaired) electrons. The fourth-order valence-corrected chi connectivity index (χ4v) is 3.55. The zero-order chi connectivity index (χ0) is 19.0. The van der Waals surface area contributed by atoms with Gasteiger partial charge in [-0.05, 0) is 61.9 Å². The average molecular weight is 364 g/mol. The van der Waals surface area contributed by atoms with Gasteiger partial charge in [0.25, 0.3) is 0 Å². The number of hydrogen-bond donors (Lipinski definition) is 1. The summed E-state index contributed by atoms with van der Waals surface area (Å²) in [6.45, 7) is 4.12. The monoisotopic (exact) mass is 364 g/mol. The number of pyridine rings is 1. The summed E-state index contributed by atoms with van der Waals surface area (Å²) < 4.78 is 6.89. The molecule has 140 valence electrons. The number of nitrogens with zero attached hydrogens (tertiary/aromatic N) is 3. The van der Waals surface area contributed by atoms with E-state index in [0.717, 1.165) is 28.0 Å². The maximum atomic E-state index is 12.6. The SMILES string of the molecule is COc1ccc(C(C)NC(=O)Cn2nc(C)c3c(C4CC4)ccnc32)cc1. The lowest BCUT2D eigenvalue weighted by atomic mass is 10.1. The molecule has 0 bridgehead atoms. The van der Waals surface area contributed by atoms with Crippen LogP contribution >= 0.6 is 0 Å². The van der Waals surface area contributed by atoms with Crippen LogP contribution in [0.3, 0.4) is 0 Å². The van der Waals surface area contributed by atoms with E-state index in [9.17, 15) is 4.79 Å². The van der Waals surface area contributed by atoms with Crippen molar-refractivity contribution >= 4 is 16.9 Å². The summed E-state index contributed by atoms with van der Waals surface area (Å²) in [6, 6.07) is 9.70. The number of fused-ring (bicyclic) bond motifs is 1. The second-order valence-electron chi connectivity index (χ2n) is 7.18. The first-order valence-corrected chi connectivity index (χ1v) is 9.32. The largest absolute Gasteiger partial charge is 0.497 e. The van der Waals surface area contributed by atoms with Gasteiger partial charge in [-0.1, -0.05) is 12.1 Å². The summed E-state index contributed by atoms with van der Waals surface area (Å²) in [5.41, 5.74) is 4.08. The lowest BCUT2D eigenvalue weighted by molar-refractivity contribution is -0.122. The number of carbonyl (C=O) groups is 1. The first-order chi connectivity index (χ1) is 13.1. The van der Waals surface area contributed by atoms with Crippen molar-refractivity contribution in [1.29, 1.82) is 0 Å². The van der Waals surface area contributed by atoms with Crippen LogP contribution in [0.2, 0.25) is 0 Å². The van der Waals surface area contributed by atoms with Gasteiger partial charge in [-0.2, -0.15) is 5.10 Å². The Hall–Kier alpha value is -2.89. The van der Waals surface area contributed by atoms with Crippen LogP contribution in [0.1, 0.15) is 48.5 Å². The van der Waals surface area contributed by atoms with E-state index in [0.29, 0.717) is 5.92 Å². The number of amides is 1. The van der Waals surface area contributed by atoms with Crippen molar-refractivity contribution in [1.82, 2.24) is 20.1 Å². The van der Waals surface area contributed by atoms with Crippen LogP contribution in [0.15, 0.2) is 36.5 Å². The Morgan fingerprint density at radius 1 is 1.30 bits per heavy atom. The van der Waals surface area contributed by atoms with Crippen molar-refractivity contribution in [2.45, 2.75) is 45.2 Å². The smallest absolute Gasteiger partial charge is 0.242 e. The van der Waals surface area contributed by atoms with E-state index in [4.69, 9.17) is 4.74 Å². The van der Waals surface area contributed by atoms with Crippen molar-refractivity contribution in [3.8, 4) is 5.75 Å². The van der Waals surface area contributed by atoms with E-state index in [1.807, 2.05) is 44.3 Å². The predicted octanol–water partition coefficient (Wildman–Crippen LogP) is 3.50. The van der Waals surface area contributed by atoms with Crippen LogP contribution in [0.25, 0.3) is 11.0 Å². The van der Waals surface area contributed by atoms with Crippen LogP contribution in [0.4, 0.5) is 0 Å². The number of hydrogen-bond acceptors (Lipinski definition) is 4. The van der Waals surface area contributed by atoms with E-state index in [1.165, 1.54) is 18.4 Å². The fraction of sp³-hybridized carbons (Fsp3) is 0.381. The first-order valence-electron chi connectivity index (χ1n) is 9.32. The van der Waals surface area contributed by atoms with Crippen molar-refractivity contribution in [3.05, 3.63) is 53.3 Å². The lowest BCUT2D eigenvalue weighted by Crippen LogP contribution is -2.30. The summed E-state index contributed by atoms with van der Waals surface area (Å²) in [5.74, 6) is 1.34. The van der Waals surface area contributed by atoms with Crippen LogP contribution in [-0.4, -0.2) is 27.8 Å². The molecule has 6 heteroatoms. The first kappa shape index (κ1) is 17.5. The van der Waals surface area contributed by atoms with Gasteiger partial charge in [0, 0.05) is 11.6 Å². The number of benzene rings is 1. The number of nitrogens with one attached hydrogen (secondary N) is 1. The molecule has 0 saturated heterocycles. The molecule has 4 rings (SSSR count). The molecule has 1 saturated carbocycles. The third kappa shape index (κ3) is 3.52. The third-order valence-corrected chi connectivity index (χ3v) is 5.14. The Kier molecular flexibility index (Phi) is 4.56. The molecule has 0 spiro atoms. The van der Waals surface area contributed by atoms with Crippen molar-refractivity contribution in [3.63, 3.8) is 0 Å². The standard InChI is InChI=1S/C21H24N4O2/c1-13(15-6-8-17(27-3)9-7-15)23-19(26)12-25-21-20(14(2)24-25)18(10-11-22-21)16-4-5-16/h6-11,13,16H,4-5,12H2,1-3H3,(H,23,26). The summed E-state index contributed by atoms with van der Waals surface area (Å²) >= 11 is 0. The van der Waals surface area contributed by atoms with Crippen LogP contribution in [0, 0.1) is 6.92 Å². The van der Waals surface area contributed by atoms with Crippen LogP contribution in [-0.2, 0) is 11.3 Å². The molecule has 27 heavy (non-hydrogen) atoms. The van der Waals surface area contributed by atoms with Crippen molar-refractivity contribution in [2.75, 3.05) is 7.11 Å². The highest BCUT2D eigenvalue weighted by Gasteiger charge is 2.27. The lowest BCUT2D eigenvalue weighted by Gasteiger charge is -2.15. The quantitative estimate of drug-likeness (QED) is 0.727. The Bertz CT molecular complexity index is 974. The van der Waals surface area contributed by atoms with E-state index in [1.54, 1.807) is 11.8 Å². The molecule has 1 amide bonds. The van der Waals surface area contributed by atoms with E-state index in [-0.39, 0.29) is 18.5 Å². The molecule has 1 unspecified atom stereocenters. The van der Waals surface area contributed by atoms with Gasteiger partial charge in [0.1, 0.15) is 12.3 Å². The van der Waals surface area contributed by atoms with Gasteiger partial charge in [-0.25, -0.2) is 9.67 Å². The minimum absolute atomic E-state index is 0.0821. The van der Waals surface area contributed by atoms with Crippen LogP contribution < -0.4 is 10.1 Å². The number of aromatic nitrogens is 3. The number of rotatable bonds is 6. The van der Waals surface area contributed by atoms with Gasteiger partial charge in [0.2, 0.25) is 5.91 Å². The zero-order valence-corrected chi connectivity index (χ0v) is 15.9. The predicted molar refractivity (Wildman–Crippen MR) is 104 cm³/mol. The minimum atomic E-state index is -0.0960. The van der Waals surface area contributed by atoms with Gasteiger partial charge in [0.15, 0.2) is 5.65 Å². The van der Waals surface area contributed by atoms with Gasteiger partial charge in [0.05, 0.1) is 18.8 Å². The molecular formula is C21H24N4O2. The highest BCUT2D eigenvalue weighted by molar-refractivity contribution is 5.85. The van der Waals surface area contributed by atoms with Gasteiger partial charge in [-0.3, -0.25) is 4.79 Å². The Labute approximate surface area is 158 Å². The molecule has 2 aromatic heterocycles. The highest BCUT2D eigenvalue weighted by atomic mass is 16.5. The minimum Gasteiger partial charge on any atom is -0.497 e. The molecule has 0 aliphatic heterocycles. The van der Waals surface area contributed by atoms with Crippen molar-refractivity contribution < 1.29 is 9.53 Å². The molecule has 6 nitrogen and oxygen atoms in total. The molecule has 1 fully saturated rings. The normalized spacial score (nSPS) is 14.9. The van der Waals surface area contributed by atoms with Gasteiger partial charge >= 0.3 is 0 Å². The zero-order valence-electron chi connectivity index (χ0n) is 15.9. The number of methoxy groups -OCH3 is 1. The molecule has 3 aromatic rings. The second kappa shape index (κ2) is 7.02. The molecule has 1 atom stereocenters. The molecule has 2 heterocycles. The number of aryl methyl sites for hydroxylation is 1. The summed E-state index contributed by atoms with van der Waals surface area (Å²) in [5, 5.41) is 8.72. The summed E-state index contributed by atoms with van der Waals surface area (Å²) in [7, 11) is 1.64. The summed E-state index contributed by atoms with van der Waals surface area (Å²) in [6.07, 6.45) is 4.28. The van der Waals surface area contributed by atoms with Crippen molar-refractivity contribution in [2.24, 2.45) is 0 Å². The third-order valence-electron chi connectivity index (χ3n) is 5.14. The molecule has 1 aromatic carbocycles. The van der Waals surface area contributed by atoms with Gasteiger partial charge in [-0.15, -0.1) is 0 Å². The van der Waals surface area contributed by atoms with E-state index < -0.39 is 0 Å². The Balaban J connectivity index is 1.50. The average Bonchev–Trinajstić information content (AvgIpc) is 3.47. The second-order valence-corrected chi connectivity index (χ2v) is 7.18. The van der Waals surface area contributed by atoms with Crippen LogP contribution in [0.5, 0.6) is 5.75 Å². The Morgan fingerprint density at radius 3 is 2.70 bits per heavy atom.